The summed E-state index contributed by atoms with van der Waals surface area (Å²) in [5.41, 5.74) is 3.33. The topological polar surface area (TPSA) is 56.1 Å². The van der Waals surface area contributed by atoms with Crippen LogP contribution in [0, 0.1) is 5.92 Å². The summed E-state index contributed by atoms with van der Waals surface area (Å²) in [5, 5.41) is 7.53. The van der Waals surface area contributed by atoms with Gasteiger partial charge in [-0.3, -0.25) is 5.32 Å². The number of carbonyl (C=O) groups excluding carboxylic acids is 1. The monoisotopic (exact) mass is 425 g/mol. The number of anilines is 1. The van der Waals surface area contributed by atoms with Crippen LogP contribution in [0.5, 0.6) is 5.88 Å². The van der Waals surface area contributed by atoms with Crippen LogP contribution in [0.2, 0.25) is 0 Å². The van der Waals surface area contributed by atoms with Crippen molar-refractivity contribution in [1.29, 1.82) is 0 Å². The predicted molar refractivity (Wildman–Crippen MR) is 120 cm³/mol. The van der Waals surface area contributed by atoms with Gasteiger partial charge < -0.3 is 9.30 Å². The average Bonchev–Trinajstić information content (AvgIpc) is 3.39. The number of nitrogens with zero attached hydrogens (tertiary/aromatic N) is 2. The second-order valence-electron chi connectivity index (χ2n) is 7.36. The van der Waals surface area contributed by atoms with Gasteiger partial charge in [0.05, 0.1) is 10.2 Å². The Balaban J connectivity index is 1.47. The third-order valence-electron chi connectivity index (χ3n) is 4.48. The van der Waals surface area contributed by atoms with Gasteiger partial charge in [0.2, 0.25) is 5.88 Å². The summed E-state index contributed by atoms with van der Waals surface area (Å²) < 4.78 is 8.71. The van der Waals surface area contributed by atoms with E-state index in [-0.39, 0.29) is 0 Å². The Morgan fingerprint density at radius 1 is 1.24 bits per heavy atom. The summed E-state index contributed by atoms with van der Waals surface area (Å²) >= 11 is 3.13. The maximum atomic E-state index is 12.5. The molecule has 0 spiro atoms. The molecular weight excluding hydrogens is 402 g/mol. The van der Waals surface area contributed by atoms with Crippen molar-refractivity contribution in [2.75, 3.05) is 5.32 Å². The van der Waals surface area contributed by atoms with Crippen LogP contribution < -0.4 is 10.1 Å². The Bertz CT molecular complexity index is 1060. The van der Waals surface area contributed by atoms with Crippen LogP contribution in [-0.4, -0.2) is 15.6 Å². The number of thiazole rings is 1. The van der Waals surface area contributed by atoms with Crippen LogP contribution in [-0.2, 0) is 19.4 Å². The minimum absolute atomic E-state index is 0.518. The number of aryl methyl sites for hydroxylation is 2. The van der Waals surface area contributed by atoms with Gasteiger partial charge in [0.15, 0.2) is 5.13 Å². The standard InChI is InChI=1S/C22H23N3O2S2/c1-15(2)11-17-12-20(25(13-17)9-7-16-8-10-28-14-16)27-22(26)24-21-23-18-5-3-4-6-19(18)29-21/h3-6,8,10,12-15H,7,9,11H2,1-2H3,(H,23,24,26). The smallest absolute Gasteiger partial charge is 0.393 e. The molecule has 4 rings (SSSR count). The molecule has 3 heterocycles. The quantitative estimate of drug-likeness (QED) is 0.383. The summed E-state index contributed by atoms with van der Waals surface area (Å²) in [6.45, 7) is 5.13. The first kappa shape index (κ1) is 19.7. The number of hydrogen-bond donors (Lipinski definition) is 1. The number of benzene rings is 1. The number of aromatic nitrogens is 2. The van der Waals surface area contributed by atoms with Crippen LogP contribution in [0.25, 0.3) is 10.2 Å². The van der Waals surface area contributed by atoms with Crippen molar-refractivity contribution in [2.45, 2.75) is 33.2 Å². The molecule has 1 N–H and O–H groups in total. The normalized spacial score (nSPS) is 11.3. The Kier molecular flexibility index (Phi) is 5.97. The van der Waals surface area contributed by atoms with E-state index in [9.17, 15) is 4.79 Å². The van der Waals surface area contributed by atoms with E-state index in [0.717, 1.165) is 29.6 Å². The molecule has 0 saturated heterocycles. The molecule has 0 aliphatic heterocycles. The summed E-state index contributed by atoms with van der Waals surface area (Å²) in [6.07, 6.45) is 3.42. The fourth-order valence-corrected chi connectivity index (χ4v) is 4.76. The number of hydrogen-bond acceptors (Lipinski definition) is 5. The first-order valence-electron chi connectivity index (χ1n) is 9.61. The van der Waals surface area contributed by atoms with Crippen molar-refractivity contribution in [2.24, 2.45) is 5.92 Å². The predicted octanol–water partition coefficient (Wildman–Crippen LogP) is 6.21. The number of ether oxygens (including phenoxy) is 1. The molecule has 7 heteroatoms. The lowest BCUT2D eigenvalue weighted by Crippen LogP contribution is -2.18. The third-order valence-corrected chi connectivity index (χ3v) is 6.16. The van der Waals surface area contributed by atoms with Crippen molar-refractivity contribution in [3.05, 3.63) is 64.5 Å². The zero-order valence-corrected chi connectivity index (χ0v) is 18.1. The fraction of sp³-hybridized carbons (Fsp3) is 0.273. The minimum Gasteiger partial charge on any atom is -0.393 e. The molecule has 0 saturated carbocycles. The molecule has 3 aromatic heterocycles. The Labute approximate surface area is 178 Å². The number of para-hydroxylation sites is 1. The molecule has 5 nitrogen and oxygen atoms in total. The van der Waals surface area contributed by atoms with E-state index in [1.807, 2.05) is 34.9 Å². The molecule has 0 fully saturated rings. The van der Waals surface area contributed by atoms with Gasteiger partial charge in [-0.25, -0.2) is 9.78 Å². The van der Waals surface area contributed by atoms with E-state index in [4.69, 9.17) is 4.74 Å². The highest BCUT2D eigenvalue weighted by Gasteiger charge is 2.14. The number of carbonyl (C=O) groups is 1. The molecule has 29 heavy (non-hydrogen) atoms. The third kappa shape index (κ3) is 5.05. The van der Waals surface area contributed by atoms with Gasteiger partial charge >= 0.3 is 6.09 Å². The van der Waals surface area contributed by atoms with E-state index in [1.165, 1.54) is 22.5 Å². The van der Waals surface area contributed by atoms with Gasteiger partial charge in [-0.1, -0.05) is 37.3 Å². The number of nitrogens with one attached hydrogen (secondary N) is 1. The van der Waals surface area contributed by atoms with E-state index in [0.29, 0.717) is 16.9 Å². The van der Waals surface area contributed by atoms with Gasteiger partial charge in [-0.2, -0.15) is 11.3 Å². The summed E-state index contributed by atoms with van der Waals surface area (Å²) in [5.74, 6) is 1.10. The van der Waals surface area contributed by atoms with Crippen molar-refractivity contribution in [3.63, 3.8) is 0 Å². The largest absolute Gasteiger partial charge is 0.420 e. The highest BCUT2D eigenvalue weighted by atomic mass is 32.1. The van der Waals surface area contributed by atoms with Crippen molar-refractivity contribution >= 4 is 44.1 Å². The molecule has 0 atom stereocenters. The first-order chi connectivity index (χ1) is 14.1. The lowest BCUT2D eigenvalue weighted by Gasteiger charge is -2.09. The van der Waals surface area contributed by atoms with Crippen molar-refractivity contribution < 1.29 is 9.53 Å². The second kappa shape index (κ2) is 8.80. The molecule has 1 amide bonds. The molecule has 0 aliphatic carbocycles. The molecule has 150 valence electrons. The van der Waals surface area contributed by atoms with Crippen LogP contribution in [0.15, 0.2) is 53.4 Å². The zero-order valence-electron chi connectivity index (χ0n) is 16.4. The Hall–Kier alpha value is -2.64. The van der Waals surface area contributed by atoms with Crippen LogP contribution in [0.3, 0.4) is 0 Å². The number of thiophene rings is 1. The highest BCUT2D eigenvalue weighted by molar-refractivity contribution is 7.22. The van der Waals surface area contributed by atoms with E-state index in [2.05, 4.69) is 47.2 Å². The maximum absolute atomic E-state index is 12.5. The van der Waals surface area contributed by atoms with Gasteiger partial charge in [0.25, 0.3) is 0 Å². The number of fused-ring (bicyclic) bond motifs is 1. The van der Waals surface area contributed by atoms with Crippen molar-refractivity contribution in [1.82, 2.24) is 9.55 Å². The Morgan fingerprint density at radius 3 is 2.86 bits per heavy atom. The zero-order chi connectivity index (χ0) is 20.2. The first-order valence-corrected chi connectivity index (χ1v) is 11.4. The molecule has 0 bridgehead atoms. The molecule has 4 aromatic rings. The lowest BCUT2D eigenvalue weighted by molar-refractivity contribution is 0.211. The van der Waals surface area contributed by atoms with E-state index < -0.39 is 6.09 Å². The SMILES string of the molecule is CC(C)Cc1cc(OC(=O)Nc2nc3ccccc3s2)n(CCc2ccsc2)c1. The number of rotatable bonds is 7. The summed E-state index contributed by atoms with van der Waals surface area (Å²) in [7, 11) is 0. The lowest BCUT2D eigenvalue weighted by atomic mass is 10.1. The second-order valence-corrected chi connectivity index (χ2v) is 9.17. The molecule has 0 unspecified atom stereocenters. The van der Waals surface area contributed by atoms with Crippen LogP contribution in [0.4, 0.5) is 9.93 Å². The summed E-state index contributed by atoms with van der Waals surface area (Å²) in [6, 6.07) is 11.9. The van der Waals surface area contributed by atoms with Gasteiger partial charge in [-0.05, 0) is 58.8 Å². The van der Waals surface area contributed by atoms with Gasteiger partial charge in [-0.15, -0.1) is 0 Å². The molecular formula is C22H23N3O2S2. The average molecular weight is 426 g/mol. The van der Waals surface area contributed by atoms with E-state index >= 15 is 0 Å². The Morgan fingerprint density at radius 2 is 2.10 bits per heavy atom. The maximum Gasteiger partial charge on any atom is 0.420 e. The van der Waals surface area contributed by atoms with Crippen LogP contribution >= 0.6 is 22.7 Å². The highest BCUT2D eigenvalue weighted by Crippen LogP contribution is 2.26. The number of amides is 1. The minimum atomic E-state index is -0.518. The fourth-order valence-electron chi connectivity index (χ4n) is 3.21. The molecule has 0 aliphatic rings. The molecule has 0 radical (unpaired) electrons. The summed E-state index contributed by atoms with van der Waals surface area (Å²) in [4.78, 5) is 16.9. The van der Waals surface area contributed by atoms with E-state index in [1.54, 1.807) is 11.3 Å². The van der Waals surface area contributed by atoms with Gasteiger partial charge in [0, 0.05) is 18.8 Å². The van der Waals surface area contributed by atoms with Gasteiger partial charge in [0.1, 0.15) is 0 Å². The van der Waals surface area contributed by atoms with Crippen molar-refractivity contribution in [3.8, 4) is 5.88 Å². The van der Waals surface area contributed by atoms with Crippen LogP contribution in [0.1, 0.15) is 25.0 Å². The molecule has 1 aromatic carbocycles.